The fourth-order valence-corrected chi connectivity index (χ4v) is 3.40. The molecule has 0 bridgehead atoms. The molecule has 1 aliphatic heterocycles. The number of likely N-dealkylation sites (tertiary alicyclic amines) is 1. The van der Waals surface area contributed by atoms with Gasteiger partial charge in [0.05, 0.1) is 0 Å². The normalized spacial score (nSPS) is 15.5. The Kier molecular flexibility index (Phi) is 6.08. The highest BCUT2D eigenvalue weighted by Gasteiger charge is 2.27. The van der Waals surface area contributed by atoms with Crippen molar-refractivity contribution >= 4 is 17.5 Å². The first-order valence-corrected chi connectivity index (χ1v) is 9.42. The average Bonchev–Trinajstić information content (AvgIpc) is 3.12. The van der Waals surface area contributed by atoms with Gasteiger partial charge in [-0.15, -0.1) is 0 Å². The largest absolute Gasteiger partial charge is 0.343 e. The van der Waals surface area contributed by atoms with Crippen LogP contribution in [0.1, 0.15) is 57.3 Å². The van der Waals surface area contributed by atoms with Crippen molar-refractivity contribution in [2.24, 2.45) is 0 Å². The number of hydrogen-bond acceptors (Lipinski definition) is 4. The van der Waals surface area contributed by atoms with E-state index in [-0.39, 0.29) is 11.8 Å². The Labute approximate surface area is 153 Å². The Morgan fingerprint density at radius 1 is 1.32 bits per heavy atom. The third-order valence-electron chi connectivity index (χ3n) is 4.72. The van der Waals surface area contributed by atoms with Crippen LogP contribution < -0.4 is 0 Å². The van der Waals surface area contributed by atoms with Crippen LogP contribution in [-0.2, 0) is 4.79 Å². The molecule has 1 aromatic heterocycles. The number of benzene rings is 1. The van der Waals surface area contributed by atoms with Gasteiger partial charge < -0.3 is 9.42 Å². The summed E-state index contributed by atoms with van der Waals surface area (Å²) in [6.45, 7) is 3.69. The van der Waals surface area contributed by atoms with Crippen molar-refractivity contribution in [1.82, 2.24) is 15.0 Å². The summed E-state index contributed by atoms with van der Waals surface area (Å²) in [6, 6.07) is 7.43. The molecule has 0 spiro atoms. The van der Waals surface area contributed by atoms with Crippen molar-refractivity contribution in [1.29, 1.82) is 0 Å². The highest BCUT2D eigenvalue weighted by molar-refractivity contribution is 6.30. The number of nitrogens with zero attached hydrogens (tertiary/aromatic N) is 3. The molecule has 2 heterocycles. The maximum Gasteiger partial charge on any atom is 0.230 e. The molecule has 0 aliphatic carbocycles. The number of carbonyl (C=O) groups is 1. The Morgan fingerprint density at radius 2 is 2.12 bits per heavy atom. The molecule has 0 atom stereocenters. The molecular formula is C19H24ClN3O2. The zero-order chi connectivity index (χ0) is 17.6. The molecule has 25 heavy (non-hydrogen) atoms. The van der Waals surface area contributed by atoms with E-state index in [1.54, 1.807) is 0 Å². The molecule has 1 aliphatic rings. The minimum Gasteiger partial charge on any atom is -0.343 e. The molecule has 0 unspecified atom stereocenters. The number of piperidine rings is 1. The highest BCUT2D eigenvalue weighted by atomic mass is 35.5. The fourth-order valence-electron chi connectivity index (χ4n) is 3.21. The number of hydrogen-bond donors (Lipinski definition) is 0. The fraction of sp³-hybridized carbons (Fsp3) is 0.526. The monoisotopic (exact) mass is 361 g/mol. The van der Waals surface area contributed by atoms with Crippen molar-refractivity contribution in [2.45, 2.75) is 51.4 Å². The first-order chi connectivity index (χ1) is 12.2. The van der Waals surface area contributed by atoms with Crippen molar-refractivity contribution in [3.8, 4) is 11.4 Å². The van der Waals surface area contributed by atoms with E-state index in [4.69, 9.17) is 16.1 Å². The van der Waals surface area contributed by atoms with Crippen LogP contribution in [0, 0.1) is 0 Å². The first-order valence-electron chi connectivity index (χ1n) is 9.04. The molecule has 1 aromatic carbocycles. The van der Waals surface area contributed by atoms with E-state index in [1.807, 2.05) is 29.2 Å². The molecule has 5 nitrogen and oxygen atoms in total. The molecule has 1 amide bonds. The molecule has 134 valence electrons. The smallest absolute Gasteiger partial charge is 0.230 e. The van der Waals surface area contributed by atoms with Gasteiger partial charge in [-0.25, -0.2) is 0 Å². The lowest BCUT2D eigenvalue weighted by atomic mass is 9.96. The zero-order valence-electron chi connectivity index (χ0n) is 14.6. The SMILES string of the molecule is CCCCCC(=O)N1CCC(c2nc(-c3cccc(Cl)c3)no2)CC1. The van der Waals surface area contributed by atoms with Gasteiger partial charge in [0.1, 0.15) is 0 Å². The molecule has 0 saturated carbocycles. The summed E-state index contributed by atoms with van der Waals surface area (Å²) in [5.74, 6) is 1.72. The summed E-state index contributed by atoms with van der Waals surface area (Å²) in [4.78, 5) is 18.7. The van der Waals surface area contributed by atoms with Crippen LogP contribution in [0.25, 0.3) is 11.4 Å². The molecule has 0 radical (unpaired) electrons. The van der Waals surface area contributed by atoms with Crippen LogP contribution in [0.5, 0.6) is 0 Å². The molecule has 6 heteroatoms. The molecule has 1 saturated heterocycles. The number of halogens is 1. The van der Waals surface area contributed by atoms with Gasteiger partial charge in [0.15, 0.2) is 0 Å². The third kappa shape index (κ3) is 4.60. The van der Waals surface area contributed by atoms with E-state index in [0.29, 0.717) is 23.2 Å². The van der Waals surface area contributed by atoms with Gasteiger partial charge in [0.25, 0.3) is 0 Å². The second-order valence-electron chi connectivity index (χ2n) is 6.58. The van der Waals surface area contributed by atoms with Crippen LogP contribution in [-0.4, -0.2) is 34.0 Å². The lowest BCUT2D eigenvalue weighted by Gasteiger charge is -2.30. The minimum atomic E-state index is 0.222. The molecule has 2 aromatic rings. The standard InChI is InChI=1S/C19H24ClN3O2/c1-2-3-4-8-17(24)23-11-9-14(10-12-23)19-21-18(22-25-19)15-6-5-7-16(20)13-15/h5-7,13-14H,2-4,8-12H2,1H3. The van der Waals surface area contributed by atoms with Gasteiger partial charge in [-0.2, -0.15) is 4.98 Å². The molecule has 3 rings (SSSR count). The van der Waals surface area contributed by atoms with Crippen LogP contribution in [0.15, 0.2) is 28.8 Å². The van der Waals surface area contributed by atoms with Gasteiger partial charge in [0.2, 0.25) is 17.6 Å². The Hall–Kier alpha value is -1.88. The van der Waals surface area contributed by atoms with Gasteiger partial charge in [-0.3, -0.25) is 4.79 Å². The summed E-state index contributed by atoms with van der Waals surface area (Å²) in [5, 5.41) is 4.73. The molecule has 1 fully saturated rings. The lowest BCUT2D eigenvalue weighted by molar-refractivity contribution is -0.132. The van der Waals surface area contributed by atoms with Crippen molar-refractivity contribution in [3.63, 3.8) is 0 Å². The van der Waals surface area contributed by atoms with Crippen molar-refractivity contribution < 1.29 is 9.32 Å². The van der Waals surface area contributed by atoms with Gasteiger partial charge in [0, 0.05) is 36.0 Å². The van der Waals surface area contributed by atoms with E-state index in [1.165, 1.54) is 0 Å². The summed E-state index contributed by atoms with van der Waals surface area (Å²) < 4.78 is 5.47. The number of amides is 1. The lowest BCUT2D eigenvalue weighted by Crippen LogP contribution is -2.37. The summed E-state index contributed by atoms with van der Waals surface area (Å²) in [6.07, 6.45) is 5.66. The quantitative estimate of drug-likeness (QED) is 0.701. The Morgan fingerprint density at radius 3 is 2.84 bits per heavy atom. The summed E-state index contributed by atoms with van der Waals surface area (Å²) >= 11 is 6.02. The Bertz CT molecular complexity index is 708. The summed E-state index contributed by atoms with van der Waals surface area (Å²) in [7, 11) is 0. The van der Waals surface area contributed by atoms with Crippen molar-refractivity contribution in [2.75, 3.05) is 13.1 Å². The predicted molar refractivity (Wildman–Crippen MR) is 97.4 cm³/mol. The molecule has 0 N–H and O–H groups in total. The second kappa shape index (κ2) is 8.48. The van der Waals surface area contributed by atoms with Gasteiger partial charge >= 0.3 is 0 Å². The number of aromatic nitrogens is 2. The van der Waals surface area contributed by atoms with E-state index in [0.717, 1.165) is 50.8 Å². The topological polar surface area (TPSA) is 59.2 Å². The van der Waals surface area contributed by atoms with E-state index in [9.17, 15) is 4.79 Å². The first kappa shape index (κ1) is 17.9. The zero-order valence-corrected chi connectivity index (χ0v) is 15.3. The van der Waals surface area contributed by atoms with Gasteiger partial charge in [-0.05, 0) is 31.4 Å². The third-order valence-corrected chi connectivity index (χ3v) is 4.95. The number of unbranched alkanes of at least 4 members (excludes halogenated alkanes) is 2. The van der Waals surface area contributed by atoms with Crippen LogP contribution >= 0.6 is 11.6 Å². The average molecular weight is 362 g/mol. The van der Waals surface area contributed by atoms with Crippen LogP contribution in [0.3, 0.4) is 0 Å². The van der Waals surface area contributed by atoms with E-state index in [2.05, 4.69) is 17.1 Å². The van der Waals surface area contributed by atoms with E-state index < -0.39 is 0 Å². The maximum atomic E-state index is 12.2. The number of rotatable bonds is 6. The van der Waals surface area contributed by atoms with Crippen LogP contribution in [0.4, 0.5) is 0 Å². The second-order valence-corrected chi connectivity index (χ2v) is 7.02. The number of carbonyl (C=O) groups excluding carboxylic acids is 1. The maximum absolute atomic E-state index is 12.2. The highest BCUT2D eigenvalue weighted by Crippen LogP contribution is 2.29. The summed E-state index contributed by atoms with van der Waals surface area (Å²) in [5.41, 5.74) is 0.853. The predicted octanol–water partition coefficient (Wildman–Crippen LogP) is 4.68. The van der Waals surface area contributed by atoms with Crippen molar-refractivity contribution in [3.05, 3.63) is 35.2 Å². The van der Waals surface area contributed by atoms with E-state index >= 15 is 0 Å². The molecular weight excluding hydrogens is 338 g/mol. The van der Waals surface area contributed by atoms with Gasteiger partial charge in [-0.1, -0.05) is 48.7 Å². The van der Waals surface area contributed by atoms with Crippen LogP contribution in [0.2, 0.25) is 5.02 Å². The Balaban J connectivity index is 1.56. The minimum absolute atomic E-state index is 0.222.